The summed E-state index contributed by atoms with van der Waals surface area (Å²) in [6.07, 6.45) is 11.5. The molecule has 2 atom stereocenters. The number of hydrogen-bond donors (Lipinski definition) is 4. The van der Waals surface area contributed by atoms with Gasteiger partial charge < -0.3 is 54.6 Å². The first-order valence-electron chi connectivity index (χ1n) is 23.1. The Morgan fingerprint density at radius 3 is 2.14 bits per heavy atom. The van der Waals surface area contributed by atoms with Gasteiger partial charge in [-0.2, -0.15) is 0 Å². The first kappa shape index (κ1) is 59.6. The number of methoxy groups -OCH3 is 3. The number of nitrogens with one attached hydrogen (secondary N) is 3. The number of benzene rings is 4. The van der Waals surface area contributed by atoms with Crippen molar-refractivity contribution >= 4 is 53.0 Å². The monoisotopic (exact) mass is 977 g/mol. The second-order valence-corrected chi connectivity index (χ2v) is 16.7. The van der Waals surface area contributed by atoms with Gasteiger partial charge in [0.2, 0.25) is 11.8 Å². The summed E-state index contributed by atoms with van der Waals surface area (Å²) in [6.45, 7) is 15.6. The van der Waals surface area contributed by atoms with Crippen LogP contribution in [0.4, 0.5) is 4.79 Å². The molecule has 0 aliphatic carbocycles. The van der Waals surface area contributed by atoms with Crippen LogP contribution in [0.3, 0.4) is 0 Å². The van der Waals surface area contributed by atoms with Crippen molar-refractivity contribution < 1.29 is 42.9 Å². The van der Waals surface area contributed by atoms with Crippen molar-refractivity contribution in [3.8, 4) is 41.0 Å². The van der Waals surface area contributed by atoms with Crippen LogP contribution in [0.5, 0.6) is 5.75 Å². The van der Waals surface area contributed by atoms with E-state index in [0.717, 1.165) is 85.6 Å². The number of amides is 3. The Morgan fingerprint density at radius 2 is 1.56 bits per heavy atom. The highest BCUT2D eigenvalue weighted by atomic mass is 16.5. The summed E-state index contributed by atoms with van der Waals surface area (Å²) >= 11 is 0. The first-order chi connectivity index (χ1) is 34.2. The molecule has 2 aromatic heterocycles. The quantitative estimate of drug-likeness (QED) is 0.0529. The maximum atomic E-state index is 13.8. The van der Waals surface area contributed by atoms with Crippen LogP contribution in [0, 0.1) is 24.7 Å². The number of hydrogen-bond acceptors (Lipinski definition) is 12. The van der Waals surface area contributed by atoms with Crippen LogP contribution in [0.2, 0.25) is 0 Å². The Hall–Kier alpha value is -7.55. The van der Waals surface area contributed by atoms with E-state index in [0.29, 0.717) is 57.5 Å². The molecule has 0 unspecified atom stereocenters. The van der Waals surface area contributed by atoms with E-state index in [1.165, 1.54) is 14.2 Å². The molecule has 0 saturated carbocycles. The molecule has 5 N–H and O–H groups in total. The Balaban J connectivity index is 0.000000954. The molecule has 3 heterocycles. The number of carbonyl (C=O) groups excluding carboxylic acids is 5. The van der Waals surface area contributed by atoms with Crippen LogP contribution in [-0.4, -0.2) is 109 Å². The minimum atomic E-state index is -0.745. The normalized spacial score (nSPS) is 11.5. The van der Waals surface area contributed by atoms with Gasteiger partial charge in [-0.05, 0) is 77.2 Å². The van der Waals surface area contributed by atoms with Gasteiger partial charge in [-0.1, -0.05) is 89.6 Å². The molecule has 1 aliphatic heterocycles. The van der Waals surface area contributed by atoms with Gasteiger partial charge in [-0.15, -0.1) is 12.8 Å². The zero-order valence-corrected chi connectivity index (χ0v) is 42.9. The maximum absolute atomic E-state index is 13.8. The summed E-state index contributed by atoms with van der Waals surface area (Å²) in [5.41, 5.74) is 12.4. The zero-order valence-electron chi connectivity index (χ0n) is 42.9. The molecule has 17 nitrogen and oxygen atoms in total. The molecule has 1 aliphatic rings. The van der Waals surface area contributed by atoms with Gasteiger partial charge in [0, 0.05) is 44.7 Å². The van der Waals surface area contributed by atoms with Gasteiger partial charge in [-0.3, -0.25) is 14.4 Å². The largest absolute Gasteiger partial charge is 0.488 e. The highest BCUT2D eigenvalue weighted by Crippen LogP contribution is 2.42. The Labute approximate surface area is 418 Å². The number of fused-ring (bicyclic) bond motifs is 6. The molecule has 71 heavy (non-hydrogen) atoms. The molecular weight excluding hydrogens is 905 g/mol. The minimum Gasteiger partial charge on any atom is -0.488 e. The molecule has 7 rings (SSSR count). The van der Waals surface area contributed by atoms with Gasteiger partial charge in [0.05, 0.1) is 50.2 Å². The molecule has 0 saturated heterocycles. The maximum Gasteiger partial charge on any atom is 0.404 e. The molecule has 4 aromatic carbocycles. The number of primary amides is 1. The SMILES string of the molecule is C#C.C=O.CCCN(Cc1nc2c(ccc3cc4c(cc32)OCc2cc(-c3cnc(CN(CC(C)C)C(=O)C[C@@H](C)CC)[nH]3)ccc2-4)[nH]1)C(=O)[C@H](NC)c1ccccc1.COC.COC(N)=O.COC=O. The van der Waals surface area contributed by atoms with Crippen LogP contribution in [0.25, 0.3) is 44.2 Å². The van der Waals surface area contributed by atoms with Crippen molar-refractivity contribution in [2.45, 2.75) is 79.6 Å². The lowest BCUT2D eigenvalue weighted by Gasteiger charge is -2.26. The van der Waals surface area contributed by atoms with Crippen molar-refractivity contribution in [3.05, 3.63) is 102 Å². The first-order valence-corrected chi connectivity index (χ1v) is 23.1. The van der Waals surface area contributed by atoms with Crippen molar-refractivity contribution in [1.82, 2.24) is 35.1 Å². The van der Waals surface area contributed by atoms with E-state index in [4.69, 9.17) is 19.3 Å². The average molecular weight is 977 g/mol. The molecule has 0 bridgehead atoms. The fourth-order valence-electron chi connectivity index (χ4n) is 7.60. The number of nitrogens with zero attached hydrogens (tertiary/aromatic N) is 4. The summed E-state index contributed by atoms with van der Waals surface area (Å²) in [6, 6.07) is 24.3. The topological polar surface area (TPSA) is 224 Å². The van der Waals surface area contributed by atoms with Crippen LogP contribution >= 0.6 is 0 Å². The lowest BCUT2D eigenvalue weighted by molar-refractivity contribution is -0.134. The number of ether oxygens (including phenoxy) is 4. The molecule has 6 aromatic rings. The number of nitrogens with two attached hydrogens (primary N) is 1. The van der Waals surface area contributed by atoms with E-state index < -0.39 is 12.1 Å². The van der Waals surface area contributed by atoms with Crippen LogP contribution < -0.4 is 15.8 Å². The van der Waals surface area contributed by atoms with Crippen molar-refractivity contribution in [1.29, 1.82) is 0 Å². The summed E-state index contributed by atoms with van der Waals surface area (Å²) in [4.78, 5) is 73.8. The van der Waals surface area contributed by atoms with E-state index in [2.05, 4.69) is 130 Å². The molecule has 0 fully saturated rings. The number of rotatable bonds is 16. The van der Waals surface area contributed by atoms with E-state index in [-0.39, 0.29) is 11.8 Å². The highest BCUT2D eigenvalue weighted by Gasteiger charge is 2.26. The van der Waals surface area contributed by atoms with Crippen LogP contribution in [-0.2, 0) is 53.1 Å². The van der Waals surface area contributed by atoms with E-state index in [9.17, 15) is 14.4 Å². The van der Waals surface area contributed by atoms with Crippen LogP contribution in [0.1, 0.15) is 82.7 Å². The van der Waals surface area contributed by atoms with Gasteiger partial charge in [0.25, 0.3) is 6.47 Å². The number of terminal acetylenes is 1. The van der Waals surface area contributed by atoms with Gasteiger partial charge in [0.1, 0.15) is 36.8 Å². The third-order valence-corrected chi connectivity index (χ3v) is 10.9. The highest BCUT2D eigenvalue weighted by molar-refractivity contribution is 6.07. The molecule has 0 radical (unpaired) electrons. The van der Waals surface area contributed by atoms with Crippen molar-refractivity contribution in [2.24, 2.45) is 17.6 Å². The predicted molar refractivity (Wildman–Crippen MR) is 279 cm³/mol. The van der Waals surface area contributed by atoms with E-state index in [1.54, 1.807) is 14.2 Å². The molecule has 382 valence electrons. The number of aromatic nitrogens is 4. The fourth-order valence-corrected chi connectivity index (χ4v) is 7.60. The van der Waals surface area contributed by atoms with Gasteiger partial charge >= 0.3 is 6.09 Å². The Bertz CT molecular complexity index is 2590. The number of imidazole rings is 2. The lowest BCUT2D eigenvalue weighted by Crippen LogP contribution is -2.40. The summed E-state index contributed by atoms with van der Waals surface area (Å²) in [5.74, 6) is 3.28. The van der Waals surface area contributed by atoms with Gasteiger partial charge in [-0.25, -0.2) is 14.8 Å². The zero-order chi connectivity index (χ0) is 53.0. The number of H-pyrrole nitrogens is 2. The second kappa shape index (κ2) is 31.6. The number of aromatic amines is 2. The van der Waals surface area contributed by atoms with E-state index >= 15 is 0 Å². The van der Waals surface area contributed by atoms with Crippen molar-refractivity contribution in [3.63, 3.8) is 0 Å². The number of carbonyl (C=O) groups is 5. The molecular formula is C54H72N8O9. The number of likely N-dealkylation sites (N-methyl/N-ethyl adjacent to an activating group) is 1. The van der Waals surface area contributed by atoms with E-state index in [1.807, 2.05) is 60.2 Å². The van der Waals surface area contributed by atoms with Crippen LogP contribution in [0.15, 0.2) is 79.0 Å². The molecule has 0 spiro atoms. The molecule has 17 heteroatoms. The Kier molecular flexibility index (Phi) is 26.5. The fraction of sp³-hybridized carbons (Fsp3) is 0.389. The summed E-state index contributed by atoms with van der Waals surface area (Å²) in [7, 11) is 7.61. The standard InChI is InChI=1S/C45H53N7O3.C2H5NO2.C2H4O2.C2H6O.C2H2.CH2O/c1-7-18-51(45(54)43(46-6)30-12-10-9-11-13-30)26-41-48-37-17-15-31-21-36-34-16-14-32(20-33(34)27-55-39(36)22-35(31)44(37)50-41)38-23-47-40(49-38)25-52(24-28(3)4)42(53)19-29(5)8-2;1-5-2(3)4;1-4-2-3;1-3-2;2*1-2/h9-17,20-23,28-29,43,46H,7-8,18-19,24-27H2,1-6H3,(H,47,49)(H,48,50);1H3,(H2,3,4);2H,1H3;1-2H3;1-2H;1H2/t29-,43+;;;;;/m0...../s1. The minimum absolute atomic E-state index is 0.0235. The van der Waals surface area contributed by atoms with Gasteiger partial charge in [0.15, 0.2) is 0 Å². The lowest BCUT2D eigenvalue weighted by atomic mass is 9.92. The smallest absolute Gasteiger partial charge is 0.404 e. The summed E-state index contributed by atoms with van der Waals surface area (Å²) < 4.78 is 18.4. The Morgan fingerprint density at radius 1 is 0.915 bits per heavy atom. The average Bonchev–Trinajstić information content (AvgIpc) is 4.04. The summed E-state index contributed by atoms with van der Waals surface area (Å²) in [5, 5.41) is 5.28. The third kappa shape index (κ3) is 17.4. The van der Waals surface area contributed by atoms with Crippen molar-refractivity contribution in [2.75, 3.05) is 48.6 Å². The predicted octanol–water partition coefficient (Wildman–Crippen LogP) is 8.61. The second-order valence-electron chi connectivity index (χ2n) is 16.7. The third-order valence-electron chi connectivity index (χ3n) is 10.9. The molecule has 3 amide bonds.